The van der Waals surface area contributed by atoms with Crippen molar-refractivity contribution < 1.29 is 14.4 Å². The molecule has 7 heteroatoms. The van der Waals surface area contributed by atoms with E-state index in [1.165, 1.54) is 0 Å². The lowest BCUT2D eigenvalue weighted by Gasteiger charge is -2.33. The maximum atomic E-state index is 12.7. The Morgan fingerprint density at radius 1 is 0.939 bits per heavy atom. The third-order valence-corrected chi connectivity index (χ3v) is 6.20. The van der Waals surface area contributed by atoms with Gasteiger partial charge in [-0.2, -0.15) is 0 Å². The highest BCUT2D eigenvalue weighted by Gasteiger charge is 2.31. The summed E-state index contributed by atoms with van der Waals surface area (Å²) >= 11 is 0. The fourth-order valence-corrected chi connectivity index (χ4v) is 4.11. The van der Waals surface area contributed by atoms with E-state index in [0.717, 1.165) is 11.1 Å². The summed E-state index contributed by atoms with van der Waals surface area (Å²) in [6, 6.07) is 18.0. The maximum absolute atomic E-state index is 12.7. The van der Waals surface area contributed by atoms with Crippen LogP contribution in [0.15, 0.2) is 60.7 Å². The normalized spacial score (nSPS) is 17.0. The summed E-state index contributed by atoms with van der Waals surface area (Å²) in [6.07, 6.45) is 1.61. The molecule has 1 heterocycles. The van der Waals surface area contributed by atoms with Crippen LogP contribution in [0.5, 0.6) is 0 Å². The smallest absolute Gasteiger partial charge is 0.242 e. The van der Waals surface area contributed by atoms with E-state index in [9.17, 15) is 14.4 Å². The molecule has 3 atom stereocenters. The molecule has 4 N–H and O–H groups in total. The fourth-order valence-electron chi connectivity index (χ4n) is 4.11. The summed E-state index contributed by atoms with van der Waals surface area (Å²) in [5.41, 5.74) is 8.18. The van der Waals surface area contributed by atoms with Gasteiger partial charge in [-0.25, -0.2) is 0 Å². The van der Waals surface area contributed by atoms with E-state index in [2.05, 4.69) is 10.6 Å². The number of amides is 3. The van der Waals surface area contributed by atoms with Crippen molar-refractivity contribution in [1.82, 2.24) is 15.5 Å². The van der Waals surface area contributed by atoms with Crippen LogP contribution in [0.4, 0.5) is 0 Å². The van der Waals surface area contributed by atoms with Gasteiger partial charge < -0.3 is 21.3 Å². The lowest BCUT2D eigenvalue weighted by molar-refractivity contribution is -0.137. The second-order valence-electron chi connectivity index (χ2n) is 8.77. The van der Waals surface area contributed by atoms with Crippen LogP contribution in [-0.2, 0) is 20.8 Å². The van der Waals surface area contributed by atoms with Crippen molar-refractivity contribution in [3.8, 4) is 0 Å². The molecule has 7 nitrogen and oxygen atoms in total. The van der Waals surface area contributed by atoms with Gasteiger partial charge in [0.05, 0.1) is 12.1 Å². The van der Waals surface area contributed by atoms with Crippen molar-refractivity contribution in [3.05, 3.63) is 71.8 Å². The van der Waals surface area contributed by atoms with E-state index in [1.807, 2.05) is 67.6 Å². The van der Waals surface area contributed by atoms with Crippen LogP contribution in [-0.4, -0.2) is 47.8 Å². The monoisotopic (exact) mass is 450 g/mol. The summed E-state index contributed by atoms with van der Waals surface area (Å²) in [5.74, 6) is -0.675. The topological polar surface area (TPSA) is 105 Å². The Hall–Kier alpha value is -3.19. The number of carbonyl (C=O) groups is 3. The Kier molecular flexibility index (Phi) is 8.60. The molecule has 0 aromatic heterocycles. The number of hydrogen-bond donors (Lipinski definition) is 3. The molecular weight excluding hydrogens is 416 g/mol. The molecule has 0 bridgehead atoms. The second-order valence-corrected chi connectivity index (χ2v) is 8.77. The molecule has 3 amide bonds. The van der Waals surface area contributed by atoms with E-state index in [-0.39, 0.29) is 29.7 Å². The molecule has 1 aliphatic rings. The van der Waals surface area contributed by atoms with Crippen molar-refractivity contribution in [2.24, 2.45) is 11.7 Å². The Bertz CT molecular complexity index is 927. The third kappa shape index (κ3) is 6.89. The lowest BCUT2D eigenvalue weighted by atomic mass is 9.94. The van der Waals surface area contributed by atoms with Crippen LogP contribution in [0, 0.1) is 5.92 Å². The first kappa shape index (κ1) is 24.5. The minimum Gasteiger partial charge on any atom is -0.348 e. The predicted octanol–water partition coefficient (Wildman–Crippen LogP) is 2.18. The van der Waals surface area contributed by atoms with E-state index >= 15 is 0 Å². The zero-order chi connectivity index (χ0) is 23.8. The Morgan fingerprint density at radius 3 is 2.12 bits per heavy atom. The number of nitrogens with zero attached hydrogens (tertiary/aromatic N) is 1. The number of carbonyl (C=O) groups excluding carboxylic acids is 3. The van der Waals surface area contributed by atoms with Crippen molar-refractivity contribution in [2.45, 2.75) is 51.2 Å². The van der Waals surface area contributed by atoms with Gasteiger partial charge in [-0.15, -0.1) is 0 Å². The van der Waals surface area contributed by atoms with E-state index < -0.39 is 12.1 Å². The number of likely N-dealkylation sites (tertiary alicyclic amines) is 1. The maximum Gasteiger partial charge on any atom is 0.242 e. The average Bonchev–Trinajstić information content (AvgIpc) is 2.84. The molecule has 2 aromatic carbocycles. The molecule has 1 aliphatic heterocycles. The highest BCUT2D eigenvalue weighted by molar-refractivity contribution is 5.88. The van der Waals surface area contributed by atoms with Gasteiger partial charge in [-0.3, -0.25) is 14.4 Å². The highest BCUT2D eigenvalue weighted by Crippen LogP contribution is 2.19. The van der Waals surface area contributed by atoms with Crippen LogP contribution in [0.2, 0.25) is 0 Å². The summed E-state index contributed by atoms with van der Waals surface area (Å²) in [6.45, 7) is 4.58. The zero-order valence-electron chi connectivity index (χ0n) is 19.4. The molecule has 0 aliphatic carbocycles. The van der Waals surface area contributed by atoms with Crippen LogP contribution in [0.25, 0.3) is 0 Å². The SMILES string of the molecule is C[C@H](NC(=O)C1CCN(C(=O)[C@@H](N)Cc2ccccc2)CC1)C(=O)N[C@@H](C)c1ccccc1. The first-order chi connectivity index (χ1) is 15.8. The van der Waals surface area contributed by atoms with Crippen LogP contribution < -0.4 is 16.4 Å². The quantitative estimate of drug-likeness (QED) is 0.573. The van der Waals surface area contributed by atoms with Gasteiger partial charge in [0.2, 0.25) is 17.7 Å². The summed E-state index contributed by atoms with van der Waals surface area (Å²) < 4.78 is 0. The van der Waals surface area contributed by atoms with Crippen LogP contribution >= 0.6 is 0 Å². The molecule has 33 heavy (non-hydrogen) atoms. The molecule has 0 unspecified atom stereocenters. The minimum atomic E-state index is -0.636. The zero-order valence-corrected chi connectivity index (χ0v) is 19.4. The predicted molar refractivity (Wildman–Crippen MR) is 128 cm³/mol. The molecule has 0 spiro atoms. The molecule has 176 valence electrons. The number of nitrogens with two attached hydrogens (primary N) is 1. The third-order valence-electron chi connectivity index (χ3n) is 6.20. The number of rotatable bonds is 8. The van der Waals surface area contributed by atoms with Gasteiger partial charge in [0, 0.05) is 19.0 Å². The Labute approximate surface area is 195 Å². The molecule has 2 aromatic rings. The lowest BCUT2D eigenvalue weighted by Crippen LogP contribution is -2.51. The number of piperidine rings is 1. The van der Waals surface area contributed by atoms with Gasteiger partial charge in [-0.1, -0.05) is 60.7 Å². The first-order valence-electron chi connectivity index (χ1n) is 11.6. The van der Waals surface area contributed by atoms with Gasteiger partial charge in [0.25, 0.3) is 0 Å². The molecule has 0 saturated carbocycles. The van der Waals surface area contributed by atoms with Crippen LogP contribution in [0.3, 0.4) is 0 Å². The first-order valence-corrected chi connectivity index (χ1v) is 11.6. The van der Waals surface area contributed by atoms with E-state index in [1.54, 1.807) is 11.8 Å². The molecule has 1 saturated heterocycles. The standard InChI is InChI=1S/C26H34N4O3/c1-18(21-11-7-4-8-12-21)28-24(31)19(2)29-25(32)22-13-15-30(16-14-22)26(33)23(27)17-20-9-5-3-6-10-20/h3-12,18-19,22-23H,13-17,27H2,1-2H3,(H,28,31)(H,29,32)/t18-,19-,23-/m0/s1. The Morgan fingerprint density at radius 2 is 1.52 bits per heavy atom. The highest BCUT2D eigenvalue weighted by atomic mass is 16.2. The van der Waals surface area contributed by atoms with Crippen molar-refractivity contribution in [3.63, 3.8) is 0 Å². The van der Waals surface area contributed by atoms with E-state index in [4.69, 9.17) is 5.73 Å². The second kappa shape index (κ2) is 11.6. The summed E-state index contributed by atoms with van der Waals surface area (Å²) in [4.78, 5) is 39.7. The number of hydrogen-bond acceptors (Lipinski definition) is 4. The summed E-state index contributed by atoms with van der Waals surface area (Å²) in [5, 5.41) is 5.76. The van der Waals surface area contributed by atoms with Crippen molar-refractivity contribution in [1.29, 1.82) is 0 Å². The van der Waals surface area contributed by atoms with Crippen LogP contribution in [0.1, 0.15) is 43.9 Å². The molecular formula is C26H34N4O3. The van der Waals surface area contributed by atoms with Crippen molar-refractivity contribution >= 4 is 17.7 Å². The Balaban J connectivity index is 1.43. The van der Waals surface area contributed by atoms with Gasteiger partial charge in [-0.05, 0) is 44.2 Å². The molecule has 3 rings (SSSR count). The summed E-state index contributed by atoms with van der Waals surface area (Å²) in [7, 11) is 0. The van der Waals surface area contributed by atoms with Crippen molar-refractivity contribution in [2.75, 3.05) is 13.1 Å². The van der Waals surface area contributed by atoms with Gasteiger partial charge >= 0.3 is 0 Å². The molecule has 0 radical (unpaired) electrons. The molecule has 1 fully saturated rings. The fraction of sp³-hybridized carbons (Fsp3) is 0.423. The average molecular weight is 451 g/mol. The van der Waals surface area contributed by atoms with Gasteiger partial charge in [0.1, 0.15) is 6.04 Å². The van der Waals surface area contributed by atoms with Gasteiger partial charge in [0.15, 0.2) is 0 Å². The largest absolute Gasteiger partial charge is 0.348 e. The minimum absolute atomic E-state index is 0.0830. The number of nitrogens with one attached hydrogen (secondary N) is 2. The number of benzene rings is 2. The van der Waals surface area contributed by atoms with E-state index in [0.29, 0.717) is 32.4 Å².